The molecule has 100 valence electrons. The fourth-order valence-electron chi connectivity index (χ4n) is 2.30. The highest BCUT2D eigenvalue weighted by Gasteiger charge is 2.30. The number of nitro benzene ring substituents is 1. The van der Waals surface area contributed by atoms with Crippen LogP contribution in [0.4, 0.5) is 11.4 Å². The van der Waals surface area contributed by atoms with Gasteiger partial charge in [0.1, 0.15) is 6.04 Å². The van der Waals surface area contributed by atoms with Crippen molar-refractivity contribution in [2.24, 2.45) is 10.3 Å². The number of hydrogen-bond acceptors (Lipinski definition) is 5. The Morgan fingerprint density at radius 1 is 1.10 bits per heavy atom. The first-order valence-corrected chi connectivity index (χ1v) is 6.22. The Balaban J connectivity index is 2.01. The Labute approximate surface area is 115 Å². The van der Waals surface area contributed by atoms with Gasteiger partial charge in [0, 0.05) is 6.07 Å². The van der Waals surface area contributed by atoms with Crippen LogP contribution in [0.2, 0.25) is 0 Å². The maximum atomic E-state index is 11.1. The van der Waals surface area contributed by atoms with E-state index in [0.717, 1.165) is 5.69 Å². The normalized spacial score (nSPS) is 17.4. The molecule has 1 aliphatic rings. The van der Waals surface area contributed by atoms with E-state index in [1.54, 1.807) is 23.2 Å². The summed E-state index contributed by atoms with van der Waals surface area (Å²) in [5.74, 6) is 0. The van der Waals surface area contributed by atoms with Crippen LogP contribution < -0.4 is 5.01 Å². The molecule has 1 atom stereocenters. The molecule has 0 bridgehead atoms. The largest absolute Gasteiger partial charge is 0.274 e. The minimum absolute atomic E-state index is 0.103. The van der Waals surface area contributed by atoms with Crippen LogP contribution in [0.15, 0.2) is 64.9 Å². The summed E-state index contributed by atoms with van der Waals surface area (Å²) in [6.07, 6.45) is 0. The fourth-order valence-corrected chi connectivity index (χ4v) is 2.30. The van der Waals surface area contributed by atoms with Crippen molar-refractivity contribution in [2.45, 2.75) is 6.04 Å². The Morgan fingerprint density at radius 3 is 2.55 bits per heavy atom. The van der Waals surface area contributed by atoms with Crippen LogP contribution in [0, 0.1) is 10.1 Å². The number of nitrogens with zero attached hydrogens (tertiary/aromatic N) is 4. The zero-order chi connectivity index (χ0) is 13.9. The molecular weight excluding hydrogens is 256 g/mol. The molecular formula is C14H12N4O2. The highest BCUT2D eigenvalue weighted by atomic mass is 16.6. The van der Waals surface area contributed by atoms with E-state index in [4.69, 9.17) is 0 Å². The minimum atomic E-state index is -0.364. The topological polar surface area (TPSA) is 71.1 Å². The maximum absolute atomic E-state index is 11.1. The third-order valence-corrected chi connectivity index (χ3v) is 3.22. The van der Waals surface area contributed by atoms with E-state index < -0.39 is 0 Å². The number of rotatable bonds is 3. The Hall–Kier alpha value is -2.76. The lowest BCUT2D eigenvalue weighted by Gasteiger charge is -2.21. The standard InChI is InChI=1S/C14H12N4O2/c19-18(20)13-9-5-4-8-12(13)14-10-15-16-17(14)11-6-2-1-3-7-11/h1-9,14H,10H2/t14-/m0/s1. The monoisotopic (exact) mass is 268 g/mol. The summed E-state index contributed by atoms with van der Waals surface area (Å²) in [4.78, 5) is 10.8. The zero-order valence-corrected chi connectivity index (χ0v) is 10.6. The summed E-state index contributed by atoms with van der Waals surface area (Å²) in [6.45, 7) is 0.416. The van der Waals surface area contributed by atoms with Crippen molar-refractivity contribution in [3.05, 3.63) is 70.3 Å². The molecule has 1 heterocycles. The van der Waals surface area contributed by atoms with Crippen LogP contribution in [-0.2, 0) is 0 Å². The van der Waals surface area contributed by atoms with Crippen LogP contribution in [0.25, 0.3) is 0 Å². The fraction of sp³-hybridized carbons (Fsp3) is 0.143. The Kier molecular flexibility index (Phi) is 3.12. The molecule has 6 nitrogen and oxygen atoms in total. The first-order chi connectivity index (χ1) is 9.77. The second-order valence-corrected chi connectivity index (χ2v) is 4.43. The van der Waals surface area contributed by atoms with E-state index in [1.165, 1.54) is 6.07 Å². The van der Waals surface area contributed by atoms with E-state index in [1.807, 2.05) is 30.3 Å². The van der Waals surface area contributed by atoms with Crippen molar-refractivity contribution in [1.29, 1.82) is 0 Å². The van der Waals surface area contributed by atoms with Gasteiger partial charge in [-0.05, 0) is 18.2 Å². The molecule has 0 unspecified atom stereocenters. The van der Waals surface area contributed by atoms with E-state index in [9.17, 15) is 10.1 Å². The summed E-state index contributed by atoms with van der Waals surface area (Å²) >= 11 is 0. The van der Waals surface area contributed by atoms with Crippen molar-refractivity contribution in [2.75, 3.05) is 11.6 Å². The van der Waals surface area contributed by atoms with Gasteiger partial charge in [0.05, 0.1) is 22.7 Å². The number of nitro groups is 1. The van der Waals surface area contributed by atoms with Crippen molar-refractivity contribution in [3.63, 3.8) is 0 Å². The lowest BCUT2D eigenvalue weighted by Crippen LogP contribution is -2.21. The van der Waals surface area contributed by atoms with E-state index in [2.05, 4.69) is 10.3 Å². The molecule has 0 N–H and O–H groups in total. The predicted octanol–water partition coefficient (Wildman–Crippen LogP) is 3.52. The molecule has 0 saturated heterocycles. The molecule has 0 aliphatic carbocycles. The van der Waals surface area contributed by atoms with Gasteiger partial charge in [0.2, 0.25) is 0 Å². The van der Waals surface area contributed by atoms with Gasteiger partial charge in [0.25, 0.3) is 5.69 Å². The molecule has 6 heteroatoms. The third kappa shape index (κ3) is 2.11. The molecule has 0 spiro atoms. The lowest BCUT2D eigenvalue weighted by atomic mass is 10.0. The highest BCUT2D eigenvalue weighted by Crippen LogP contribution is 2.35. The third-order valence-electron chi connectivity index (χ3n) is 3.22. The van der Waals surface area contributed by atoms with E-state index in [0.29, 0.717) is 12.1 Å². The number of hydrogen-bond donors (Lipinski definition) is 0. The minimum Gasteiger partial charge on any atom is -0.258 e. The first-order valence-electron chi connectivity index (χ1n) is 6.22. The SMILES string of the molecule is O=[N+]([O-])c1ccccc1[C@@H]1CN=NN1c1ccccc1. The van der Waals surface area contributed by atoms with Crippen LogP contribution >= 0.6 is 0 Å². The van der Waals surface area contributed by atoms with Crippen molar-refractivity contribution < 1.29 is 4.92 Å². The first kappa shape index (κ1) is 12.3. The molecule has 0 saturated carbocycles. The Morgan fingerprint density at radius 2 is 1.80 bits per heavy atom. The molecule has 3 rings (SSSR count). The van der Waals surface area contributed by atoms with E-state index >= 15 is 0 Å². The number of benzene rings is 2. The van der Waals surface area contributed by atoms with Crippen LogP contribution in [0.1, 0.15) is 11.6 Å². The average molecular weight is 268 g/mol. The number of para-hydroxylation sites is 2. The van der Waals surface area contributed by atoms with Crippen molar-refractivity contribution in [3.8, 4) is 0 Å². The van der Waals surface area contributed by atoms with Gasteiger partial charge in [-0.3, -0.25) is 10.1 Å². The van der Waals surface area contributed by atoms with Gasteiger partial charge >= 0.3 is 0 Å². The zero-order valence-electron chi connectivity index (χ0n) is 10.6. The summed E-state index contributed by atoms with van der Waals surface area (Å²) in [5.41, 5.74) is 1.61. The molecule has 20 heavy (non-hydrogen) atoms. The molecule has 2 aromatic rings. The van der Waals surface area contributed by atoms with Crippen LogP contribution in [0.5, 0.6) is 0 Å². The summed E-state index contributed by atoms with van der Waals surface area (Å²) < 4.78 is 0. The quantitative estimate of drug-likeness (QED) is 0.631. The summed E-state index contributed by atoms with van der Waals surface area (Å²) in [6, 6.07) is 16.0. The predicted molar refractivity (Wildman–Crippen MR) is 74.5 cm³/mol. The highest BCUT2D eigenvalue weighted by molar-refractivity contribution is 5.52. The Bertz CT molecular complexity index is 657. The van der Waals surface area contributed by atoms with Crippen molar-refractivity contribution >= 4 is 11.4 Å². The van der Waals surface area contributed by atoms with Crippen LogP contribution in [0.3, 0.4) is 0 Å². The van der Waals surface area contributed by atoms with Gasteiger partial charge in [-0.2, -0.15) is 5.11 Å². The second kappa shape index (κ2) is 5.08. The average Bonchev–Trinajstić information content (AvgIpc) is 2.97. The van der Waals surface area contributed by atoms with Crippen LogP contribution in [-0.4, -0.2) is 11.5 Å². The molecule has 2 aromatic carbocycles. The maximum Gasteiger partial charge on any atom is 0.274 e. The summed E-state index contributed by atoms with van der Waals surface area (Å²) in [7, 11) is 0. The molecule has 0 fully saturated rings. The second-order valence-electron chi connectivity index (χ2n) is 4.43. The van der Waals surface area contributed by atoms with Gasteiger partial charge in [0.15, 0.2) is 0 Å². The van der Waals surface area contributed by atoms with Gasteiger partial charge in [-0.15, -0.1) is 0 Å². The van der Waals surface area contributed by atoms with Crippen molar-refractivity contribution in [1.82, 2.24) is 0 Å². The van der Waals surface area contributed by atoms with Gasteiger partial charge in [-0.1, -0.05) is 35.6 Å². The number of anilines is 1. The lowest BCUT2D eigenvalue weighted by molar-refractivity contribution is -0.385. The van der Waals surface area contributed by atoms with Gasteiger partial charge in [-0.25, -0.2) is 5.01 Å². The molecule has 0 aromatic heterocycles. The summed E-state index contributed by atoms with van der Waals surface area (Å²) in [5, 5.41) is 21.0. The smallest absolute Gasteiger partial charge is 0.258 e. The molecule has 0 radical (unpaired) electrons. The molecule has 0 amide bonds. The van der Waals surface area contributed by atoms with E-state index in [-0.39, 0.29) is 16.7 Å². The van der Waals surface area contributed by atoms with Gasteiger partial charge < -0.3 is 0 Å². The molecule has 1 aliphatic heterocycles.